The Morgan fingerprint density at radius 3 is 2.14 bits per heavy atom. The third-order valence-electron chi connectivity index (χ3n) is 7.00. The third kappa shape index (κ3) is 6.86. The molecule has 0 radical (unpaired) electrons. The number of halogens is 2. The smallest absolute Gasteiger partial charge is 0.190 e. The minimum absolute atomic E-state index is 0.0838. The second kappa shape index (κ2) is 10.9. The van der Waals surface area contributed by atoms with Crippen LogP contribution in [0.1, 0.15) is 71.5 Å². The van der Waals surface area contributed by atoms with Gasteiger partial charge in [0.1, 0.15) is 0 Å². The summed E-state index contributed by atoms with van der Waals surface area (Å²) in [4.78, 5) is 0. The molecule has 1 fully saturated rings. The molecule has 2 rings (SSSR count). The SMILES string of the molecule is CC(C)C(C)[Si](C)(C)OC(CNC(C)C1CCCCC1)c1cc(Cl)c(N)c(Cl)c1. The Bertz CT molecular complexity index is 639. The molecule has 3 nitrogen and oxygen atoms in total. The normalized spacial score (nSPS) is 19.3. The van der Waals surface area contributed by atoms with Crippen molar-refractivity contribution in [2.24, 2.45) is 11.8 Å². The largest absolute Gasteiger partial charge is 0.409 e. The maximum atomic E-state index is 6.85. The lowest BCUT2D eigenvalue weighted by Gasteiger charge is -2.37. The lowest BCUT2D eigenvalue weighted by atomic mass is 9.84. The fourth-order valence-corrected chi connectivity index (χ4v) is 7.66. The zero-order chi connectivity index (χ0) is 21.8. The van der Waals surface area contributed by atoms with Gasteiger partial charge in [0.15, 0.2) is 8.32 Å². The van der Waals surface area contributed by atoms with Gasteiger partial charge in [-0.15, -0.1) is 0 Å². The van der Waals surface area contributed by atoms with E-state index in [1.165, 1.54) is 32.1 Å². The predicted octanol–water partition coefficient (Wildman–Crippen LogP) is 7.44. The van der Waals surface area contributed by atoms with Gasteiger partial charge in [-0.05, 0) is 67.9 Å². The monoisotopic (exact) mass is 458 g/mol. The molecule has 0 aliphatic heterocycles. The maximum Gasteiger partial charge on any atom is 0.190 e. The molecule has 0 bridgehead atoms. The highest BCUT2D eigenvalue weighted by Crippen LogP contribution is 2.37. The van der Waals surface area contributed by atoms with Crippen molar-refractivity contribution in [3.05, 3.63) is 27.7 Å². The number of hydrogen-bond donors (Lipinski definition) is 2. The van der Waals surface area contributed by atoms with Crippen molar-refractivity contribution in [2.45, 2.75) is 90.6 Å². The molecular weight excluding hydrogens is 419 g/mol. The van der Waals surface area contributed by atoms with E-state index < -0.39 is 8.32 Å². The van der Waals surface area contributed by atoms with Gasteiger partial charge in [0, 0.05) is 12.6 Å². The molecular formula is C23H40Cl2N2OSi. The number of rotatable bonds is 9. The van der Waals surface area contributed by atoms with E-state index in [0.717, 1.165) is 18.0 Å². The number of hydrogen-bond acceptors (Lipinski definition) is 3. The summed E-state index contributed by atoms with van der Waals surface area (Å²) in [5.41, 5.74) is 7.96. The van der Waals surface area contributed by atoms with Crippen molar-refractivity contribution in [2.75, 3.05) is 12.3 Å². The van der Waals surface area contributed by atoms with Crippen LogP contribution in [0.25, 0.3) is 0 Å². The van der Waals surface area contributed by atoms with Crippen molar-refractivity contribution < 1.29 is 4.43 Å². The van der Waals surface area contributed by atoms with Gasteiger partial charge in [-0.3, -0.25) is 0 Å². The van der Waals surface area contributed by atoms with Crippen LogP contribution in [0.3, 0.4) is 0 Å². The maximum absolute atomic E-state index is 6.85. The van der Waals surface area contributed by atoms with Gasteiger partial charge in [0.05, 0.1) is 21.8 Å². The van der Waals surface area contributed by atoms with Crippen LogP contribution in [0.2, 0.25) is 28.7 Å². The average Bonchev–Trinajstić information content (AvgIpc) is 2.68. The van der Waals surface area contributed by atoms with Crippen LogP contribution < -0.4 is 11.1 Å². The number of nitrogens with one attached hydrogen (secondary N) is 1. The van der Waals surface area contributed by atoms with Crippen LogP contribution in [-0.2, 0) is 4.43 Å². The summed E-state index contributed by atoms with van der Waals surface area (Å²) < 4.78 is 6.85. The number of anilines is 1. The Morgan fingerprint density at radius 1 is 1.07 bits per heavy atom. The van der Waals surface area contributed by atoms with Crippen LogP contribution in [0.5, 0.6) is 0 Å². The molecule has 1 aliphatic carbocycles. The quantitative estimate of drug-likeness (QED) is 0.298. The summed E-state index contributed by atoms with van der Waals surface area (Å²) in [5, 5.41) is 4.77. The minimum atomic E-state index is -1.93. The van der Waals surface area contributed by atoms with Crippen LogP contribution in [0, 0.1) is 11.8 Å². The Labute approximate surface area is 189 Å². The average molecular weight is 460 g/mol. The first-order valence-electron chi connectivity index (χ1n) is 11.2. The third-order valence-corrected chi connectivity index (χ3v) is 11.4. The van der Waals surface area contributed by atoms with E-state index in [4.69, 9.17) is 33.4 Å². The first-order valence-corrected chi connectivity index (χ1v) is 14.9. The van der Waals surface area contributed by atoms with Gasteiger partial charge in [-0.1, -0.05) is 63.2 Å². The van der Waals surface area contributed by atoms with Crippen LogP contribution in [0.15, 0.2) is 12.1 Å². The molecule has 3 unspecified atom stereocenters. The van der Waals surface area contributed by atoms with E-state index in [9.17, 15) is 0 Å². The minimum Gasteiger partial charge on any atom is -0.409 e. The molecule has 1 saturated carbocycles. The predicted molar refractivity (Wildman–Crippen MR) is 130 cm³/mol. The van der Waals surface area contributed by atoms with Gasteiger partial charge in [-0.25, -0.2) is 0 Å². The van der Waals surface area contributed by atoms with Crippen molar-refractivity contribution in [1.82, 2.24) is 5.32 Å². The van der Waals surface area contributed by atoms with E-state index in [2.05, 4.69) is 46.1 Å². The number of benzene rings is 1. The van der Waals surface area contributed by atoms with Crippen molar-refractivity contribution >= 4 is 37.2 Å². The molecule has 166 valence electrons. The molecule has 0 spiro atoms. The van der Waals surface area contributed by atoms with E-state index >= 15 is 0 Å². The Balaban J connectivity index is 2.20. The molecule has 3 atom stereocenters. The van der Waals surface area contributed by atoms with Gasteiger partial charge in [0.2, 0.25) is 0 Å². The molecule has 0 aromatic heterocycles. The first-order chi connectivity index (χ1) is 13.5. The molecule has 1 aromatic rings. The standard InChI is InChI=1S/C23H40Cl2N2OSi/c1-15(2)17(4)29(5,6)28-22(19-12-20(24)23(26)21(25)13-19)14-27-16(3)18-10-8-7-9-11-18/h12-13,15-18,22,27H,7-11,14,26H2,1-6H3. The van der Waals surface area contributed by atoms with Crippen LogP contribution in [-0.4, -0.2) is 20.9 Å². The van der Waals surface area contributed by atoms with Gasteiger partial charge in [-0.2, -0.15) is 0 Å². The summed E-state index contributed by atoms with van der Waals surface area (Å²) in [5.74, 6) is 1.34. The molecule has 6 heteroatoms. The highest BCUT2D eigenvalue weighted by Gasteiger charge is 2.36. The summed E-state index contributed by atoms with van der Waals surface area (Å²) >= 11 is 12.7. The summed E-state index contributed by atoms with van der Waals surface area (Å²) in [6, 6.07) is 4.32. The first kappa shape index (κ1) is 25.0. The zero-order valence-corrected chi connectivity index (χ0v) is 21.5. The Morgan fingerprint density at radius 2 is 1.62 bits per heavy atom. The highest BCUT2D eigenvalue weighted by atomic mass is 35.5. The molecule has 0 saturated heterocycles. The zero-order valence-electron chi connectivity index (χ0n) is 19.0. The fourth-order valence-electron chi connectivity index (χ4n) is 4.39. The van der Waals surface area contributed by atoms with E-state index in [1.807, 2.05) is 12.1 Å². The fraction of sp³-hybridized carbons (Fsp3) is 0.739. The molecule has 29 heavy (non-hydrogen) atoms. The summed E-state index contributed by atoms with van der Waals surface area (Å²) in [6.07, 6.45) is 6.65. The number of nitrogen functional groups attached to an aromatic ring is 1. The Hall–Kier alpha value is -0.263. The molecule has 3 N–H and O–H groups in total. The molecule has 1 aliphatic rings. The highest BCUT2D eigenvalue weighted by molar-refractivity contribution is 6.72. The molecule has 0 amide bonds. The van der Waals surface area contributed by atoms with Crippen LogP contribution in [0.4, 0.5) is 5.69 Å². The van der Waals surface area contributed by atoms with Gasteiger partial charge in [0.25, 0.3) is 0 Å². The second-order valence-electron chi connectivity index (χ2n) is 9.74. The summed E-state index contributed by atoms with van der Waals surface area (Å²) in [6.45, 7) is 14.6. The second-order valence-corrected chi connectivity index (χ2v) is 14.9. The van der Waals surface area contributed by atoms with Crippen molar-refractivity contribution in [3.8, 4) is 0 Å². The van der Waals surface area contributed by atoms with E-state index in [-0.39, 0.29) is 6.10 Å². The molecule has 0 heterocycles. The topological polar surface area (TPSA) is 47.3 Å². The molecule has 1 aromatic carbocycles. The van der Waals surface area contributed by atoms with E-state index in [1.54, 1.807) is 0 Å². The Kier molecular flexibility index (Phi) is 9.36. The van der Waals surface area contributed by atoms with Gasteiger partial charge < -0.3 is 15.5 Å². The lowest BCUT2D eigenvalue weighted by molar-refractivity contribution is 0.169. The van der Waals surface area contributed by atoms with Gasteiger partial charge >= 0.3 is 0 Å². The number of nitrogens with two attached hydrogens (primary N) is 1. The van der Waals surface area contributed by atoms with Crippen molar-refractivity contribution in [3.63, 3.8) is 0 Å². The lowest BCUT2D eigenvalue weighted by Crippen LogP contribution is -2.43. The van der Waals surface area contributed by atoms with Crippen molar-refractivity contribution in [1.29, 1.82) is 0 Å². The summed E-state index contributed by atoms with van der Waals surface area (Å²) in [7, 11) is -1.93. The van der Waals surface area contributed by atoms with Crippen LogP contribution >= 0.6 is 23.2 Å². The van der Waals surface area contributed by atoms with E-state index in [0.29, 0.717) is 33.2 Å².